The lowest BCUT2D eigenvalue weighted by molar-refractivity contribution is 0.155. The first-order valence-electron chi connectivity index (χ1n) is 5.33. The van der Waals surface area contributed by atoms with Gasteiger partial charge in [-0.3, -0.25) is 5.32 Å². The Hall–Kier alpha value is -2.07. The van der Waals surface area contributed by atoms with Gasteiger partial charge in [-0.25, -0.2) is 9.78 Å². The van der Waals surface area contributed by atoms with Crippen molar-refractivity contribution in [3.63, 3.8) is 0 Å². The topological polar surface area (TPSA) is 51.2 Å². The van der Waals surface area contributed by atoms with Crippen molar-refractivity contribution in [3.8, 4) is 0 Å². The Morgan fingerprint density at radius 1 is 1.28 bits per heavy atom. The van der Waals surface area contributed by atoms with Crippen molar-refractivity contribution in [2.45, 2.75) is 6.61 Å². The summed E-state index contributed by atoms with van der Waals surface area (Å²) in [6, 6.07) is 12.6. The predicted octanol–water partition coefficient (Wildman–Crippen LogP) is 3.48. The van der Waals surface area contributed by atoms with Gasteiger partial charge in [0.05, 0.1) is 0 Å². The molecule has 0 unspecified atom stereocenters. The van der Waals surface area contributed by atoms with Gasteiger partial charge in [0.2, 0.25) is 0 Å². The van der Waals surface area contributed by atoms with Crippen molar-refractivity contribution < 1.29 is 9.53 Å². The van der Waals surface area contributed by atoms with E-state index in [0.717, 1.165) is 5.56 Å². The number of nitrogens with one attached hydrogen (secondary N) is 1. The average molecular weight is 263 g/mol. The van der Waals surface area contributed by atoms with Crippen LogP contribution >= 0.6 is 11.6 Å². The Labute approximate surface area is 110 Å². The fourth-order valence-corrected chi connectivity index (χ4v) is 1.53. The highest BCUT2D eigenvalue weighted by molar-refractivity contribution is 6.29. The largest absolute Gasteiger partial charge is 0.444 e. The van der Waals surface area contributed by atoms with E-state index in [0.29, 0.717) is 10.8 Å². The van der Waals surface area contributed by atoms with Crippen LogP contribution in [0.2, 0.25) is 5.15 Å². The SMILES string of the molecule is O=C(Nc1ccnc(Cl)c1)OCc1ccccc1. The van der Waals surface area contributed by atoms with Gasteiger partial charge in [0.25, 0.3) is 0 Å². The quantitative estimate of drug-likeness (QED) is 0.862. The summed E-state index contributed by atoms with van der Waals surface area (Å²) in [6.45, 7) is 0.228. The maximum atomic E-state index is 11.5. The summed E-state index contributed by atoms with van der Waals surface area (Å²) in [5.74, 6) is 0. The molecule has 0 spiro atoms. The fraction of sp³-hybridized carbons (Fsp3) is 0.0769. The van der Waals surface area contributed by atoms with Crippen LogP contribution in [0.25, 0.3) is 0 Å². The van der Waals surface area contributed by atoms with Crippen LogP contribution in [0.4, 0.5) is 10.5 Å². The lowest BCUT2D eigenvalue weighted by Gasteiger charge is -2.06. The van der Waals surface area contributed by atoms with Gasteiger partial charge in [0.15, 0.2) is 0 Å². The van der Waals surface area contributed by atoms with Gasteiger partial charge in [-0.15, -0.1) is 0 Å². The molecular weight excluding hydrogens is 252 g/mol. The molecule has 4 nitrogen and oxygen atoms in total. The summed E-state index contributed by atoms with van der Waals surface area (Å²) >= 11 is 5.70. The zero-order valence-corrected chi connectivity index (χ0v) is 10.2. The van der Waals surface area contributed by atoms with Crippen molar-refractivity contribution in [3.05, 3.63) is 59.4 Å². The molecule has 2 aromatic rings. The molecule has 1 aromatic heterocycles. The normalized spacial score (nSPS) is 9.83. The highest BCUT2D eigenvalue weighted by atomic mass is 35.5. The molecule has 1 N–H and O–H groups in total. The number of hydrogen-bond donors (Lipinski definition) is 1. The van der Waals surface area contributed by atoms with Crippen molar-refractivity contribution in [1.29, 1.82) is 0 Å². The lowest BCUT2D eigenvalue weighted by atomic mass is 10.2. The lowest BCUT2D eigenvalue weighted by Crippen LogP contribution is -2.13. The Balaban J connectivity index is 1.86. The molecule has 0 fully saturated rings. The molecule has 1 amide bonds. The van der Waals surface area contributed by atoms with Crippen LogP contribution in [0.1, 0.15) is 5.56 Å². The Morgan fingerprint density at radius 3 is 2.78 bits per heavy atom. The number of carbonyl (C=O) groups is 1. The maximum Gasteiger partial charge on any atom is 0.411 e. The van der Waals surface area contributed by atoms with Crippen LogP contribution in [0.5, 0.6) is 0 Å². The van der Waals surface area contributed by atoms with E-state index < -0.39 is 6.09 Å². The molecule has 2 rings (SSSR count). The zero-order valence-electron chi connectivity index (χ0n) is 9.47. The monoisotopic (exact) mass is 262 g/mol. The van der Waals surface area contributed by atoms with Crippen molar-refractivity contribution in [2.75, 3.05) is 5.32 Å². The second-order valence-electron chi connectivity index (χ2n) is 3.55. The van der Waals surface area contributed by atoms with E-state index in [4.69, 9.17) is 16.3 Å². The van der Waals surface area contributed by atoms with Gasteiger partial charge in [-0.1, -0.05) is 41.9 Å². The van der Waals surface area contributed by atoms with Gasteiger partial charge < -0.3 is 4.74 Å². The molecule has 0 aliphatic carbocycles. The van der Waals surface area contributed by atoms with Crippen LogP contribution in [0.3, 0.4) is 0 Å². The van der Waals surface area contributed by atoms with Gasteiger partial charge in [0.1, 0.15) is 11.8 Å². The molecule has 92 valence electrons. The minimum Gasteiger partial charge on any atom is -0.444 e. The summed E-state index contributed by atoms with van der Waals surface area (Å²) in [7, 11) is 0. The highest BCUT2D eigenvalue weighted by Crippen LogP contribution is 2.12. The van der Waals surface area contributed by atoms with E-state index in [-0.39, 0.29) is 6.61 Å². The molecule has 0 atom stereocenters. The first kappa shape index (κ1) is 12.4. The molecule has 1 aromatic carbocycles. The summed E-state index contributed by atoms with van der Waals surface area (Å²) in [6.07, 6.45) is 0.982. The van der Waals surface area contributed by atoms with E-state index in [9.17, 15) is 4.79 Å². The van der Waals surface area contributed by atoms with Gasteiger partial charge in [0, 0.05) is 11.9 Å². The second kappa shape index (κ2) is 6.02. The molecule has 0 radical (unpaired) electrons. The molecule has 0 bridgehead atoms. The van der Waals surface area contributed by atoms with Gasteiger partial charge in [-0.05, 0) is 17.7 Å². The summed E-state index contributed by atoms with van der Waals surface area (Å²) in [4.78, 5) is 15.3. The van der Waals surface area contributed by atoms with E-state index in [1.807, 2.05) is 30.3 Å². The van der Waals surface area contributed by atoms with Crippen LogP contribution < -0.4 is 5.32 Å². The molecular formula is C13H11ClN2O2. The minimum absolute atomic E-state index is 0.228. The predicted molar refractivity (Wildman–Crippen MR) is 69.5 cm³/mol. The van der Waals surface area contributed by atoms with Gasteiger partial charge >= 0.3 is 6.09 Å². The first-order chi connectivity index (χ1) is 8.74. The van der Waals surface area contributed by atoms with E-state index >= 15 is 0 Å². The number of carbonyl (C=O) groups excluding carboxylic acids is 1. The molecule has 0 saturated heterocycles. The Bertz CT molecular complexity index is 532. The third kappa shape index (κ3) is 3.75. The number of benzene rings is 1. The second-order valence-corrected chi connectivity index (χ2v) is 3.94. The number of aromatic nitrogens is 1. The summed E-state index contributed by atoms with van der Waals surface area (Å²) in [5.41, 5.74) is 1.48. The van der Waals surface area contributed by atoms with Crippen LogP contribution in [0.15, 0.2) is 48.7 Å². The number of hydrogen-bond acceptors (Lipinski definition) is 3. The standard InChI is InChI=1S/C13H11ClN2O2/c14-12-8-11(6-7-15-12)16-13(17)18-9-10-4-2-1-3-5-10/h1-8H,9H2,(H,15,16,17). The summed E-state index contributed by atoms with van der Waals surface area (Å²) in [5, 5.41) is 2.88. The Kier molecular flexibility index (Phi) is 4.15. The number of rotatable bonds is 3. The number of amides is 1. The maximum absolute atomic E-state index is 11.5. The van der Waals surface area contributed by atoms with E-state index in [1.165, 1.54) is 6.20 Å². The smallest absolute Gasteiger partial charge is 0.411 e. The Morgan fingerprint density at radius 2 is 2.06 bits per heavy atom. The molecule has 0 saturated carbocycles. The highest BCUT2D eigenvalue weighted by Gasteiger charge is 2.04. The van der Waals surface area contributed by atoms with Crippen LogP contribution in [0, 0.1) is 0 Å². The number of halogens is 1. The van der Waals surface area contributed by atoms with E-state index in [1.54, 1.807) is 12.1 Å². The molecule has 5 heteroatoms. The number of anilines is 1. The van der Waals surface area contributed by atoms with Crippen molar-refractivity contribution in [1.82, 2.24) is 4.98 Å². The number of ether oxygens (including phenoxy) is 1. The molecule has 0 aliphatic rings. The number of nitrogens with zero attached hydrogens (tertiary/aromatic N) is 1. The minimum atomic E-state index is -0.527. The molecule has 0 aliphatic heterocycles. The number of pyridine rings is 1. The van der Waals surface area contributed by atoms with E-state index in [2.05, 4.69) is 10.3 Å². The zero-order chi connectivity index (χ0) is 12.8. The van der Waals surface area contributed by atoms with Gasteiger partial charge in [-0.2, -0.15) is 0 Å². The fourth-order valence-electron chi connectivity index (χ4n) is 1.36. The van der Waals surface area contributed by atoms with Crippen molar-refractivity contribution >= 4 is 23.4 Å². The average Bonchev–Trinajstić information content (AvgIpc) is 2.38. The van der Waals surface area contributed by atoms with Crippen molar-refractivity contribution in [2.24, 2.45) is 0 Å². The third-order valence-corrected chi connectivity index (χ3v) is 2.39. The first-order valence-corrected chi connectivity index (χ1v) is 5.71. The van der Waals surface area contributed by atoms with Crippen LogP contribution in [-0.4, -0.2) is 11.1 Å². The summed E-state index contributed by atoms with van der Waals surface area (Å²) < 4.78 is 5.06. The molecule has 18 heavy (non-hydrogen) atoms. The van der Waals surface area contributed by atoms with Crippen LogP contribution in [-0.2, 0) is 11.3 Å². The third-order valence-electron chi connectivity index (χ3n) is 2.19. The molecule has 1 heterocycles.